The molecule has 112 valence electrons. The van der Waals surface area contributed by atoms with Crippen LogP contribution >= 0.6 is 0 Å². The molecule has 1 N–H and O–H groups in total. The number of ether oxygens (including phenoxy) is 2. The minimum Gasteiger partial charge on any atom is -0.466 e. The number of rotatable bonds is 7. The zero-order valence-corrected chi connectivity index (χ0v) is 12.2. The first-order chi connectivity index (χ1) is 10.2. The molecule has 0 fully saturated rings. The van der Waals surface area contributed by atoms with E-state index in [1.54, 1.807) is 13.0 Å². The van der Waals surface area contributed by atoms with Crippen LogP contribution in [0.25, 0.3) is 0 Å². The van der Waals surface area contributed by atoms with Crippen LogP contribution < -0.4 is 5.32 Å². The molecule has 0 aliphatic rings. The van der Waals surface area contributed by atoms with Crippen LogP contribution in [0.5, 0.6) is 0 Å². The summed E-state index contributed by atoms with van der Waals surface area (Å²) in [6.45, 7) is 2.43. The lowest BCUT2D eigenvalue weighted by atomic mass is 10.2. The fraction of sp³-hybridized carbons (Fsp3) is 0.250. The quantitative estimate of drug-likeness (QED) is 0.474. The van der Waals surface area contributed by atoms with E-state index in [1.165, 1.54) is 19.3 Å². The van der Waals surface area contributed by atoms with Crippen molar-refractivity contribution in [1.82, 2.24) is 0 Å². The molecule has 0 heterocycles. The Labute approximate surface area is 124 Å². The zero-order chi connectivity index (χ0) is 15.5. The number of hydrogen-bond donors (Lipinski definition) is 1. The molecule has 0 bridgehead atoms. The molecular formula is C16H19NO4. The van der Waals surface area contributed by atoms with Gasteiger partial charge in [-0.15, -0.1) is 0 Å². The normalized spacial score (nSPS) is 11.2. The van der Waals surface area contributed by atoms with Crippen molar-refractivity contribution < 1.29 is 19.1 Å². The largest absolute Gasteiger partial charge is 0.466 e. The number of carbonyl (C=O) groups is 2. The van der Waals surface area contributed by atoms with Gasteiger partial charge in [0, 0.05) is 18.3 Å². The molecule has 0 unspecified atom stereocenters. The molecule has 1 aromatic carbocycles. The Kier molecular flexibility index (Phi) is 7.35. The number of nitrogens with one attached hydrogen (secondary N) is 1. The number of hydrogen-bond acceptors (Lipinski definition) is 5. The average molecular weight is 289 g/mol. The summed E-state index contributed by atoms with van der Waals surface area (Å²) in [6, 6.07) is 9.58. The second-order valence-corrected chi connectivity index (χ2v) is 3.98. The molecule has 0 radical (unpaired) electrons. The van der Waals surface area contributed by atoms with Crippen molar-refractivity contribution in [1.29, 1.82) is 0 Å². The van der Waals surface area contributed by atoms with E-state index in [9.17, 15) is 9.59 Å². The molecule has 0 spiro atoms. The lowest BCUT2D eigenvalue weighted by molar-refractivity contribution is -0.138. The second kappa shape index (κ2) is 9.36. The second-order valence-electron chi connectivity index (χ2n) is 3.98. The van der Waals surface area contributed by atoms with Gasteiger partial charge in [0.25, 0.3) is 0 Å². The molecule has 5 nitrogen and oxygen atoms in total. The number of benzene rings is 1. The molecule has 1 aromatic rings. The fourth-order valence-electron chi connectivity index (χ4n) is 1.49. The summed E-state index contributed by atoms with van der Waals surface area (Å²) in [5.74, 6) is -1.01. The lowest BCUT2D eigenvalue weighted by Crippen LogP contribution is -2.09. The van der Waals surface area contributed by atoms with Gasteiger partial charge in [-0.3, -0.25) is 0 Å². The minimum absolute atomic E-state index is 0.272. The van der Waals surface area contributed by atoms with Crippen LogP contribution in [0.15, 0.2) is 54.1 Å². The number of methoxy groups -OCH3 is 1. The van der Waals surface area contributed by atoms with E-state index in [0.717, 1.165) is 5.69 Å². The predicted molar refractivity (Wildman–Crippen MR) is 80.8 cm³/mol. The molecule has 0 atom stereocenters. The molecule has 0 aliphatic heterocycles. The van der Waals surface area contributed by atoms with Crippen LogP contribution in [0, 0.1) is 0 Å². The number of carbonyl (C=O) groups excluding carboxylic acids is 2. The third-order valence-electron chi connectivity index (χ3n) is 2.51. The number of esters is 2. The van der Waals surface area contributed by atoms with Gasteiger partial charge in [0.2, 0.25) is 0 Å². The van der Waals surface area contributed by atoms with Gasteiger partial charge in [-0.2, -0.15) is 0 Å². The summed E-state index contributed by atoms with van der Waals surface area (Å²) in [5.41, 5.74) is 1.24. The van der Waals surface area contributed by atoms with Crippen molar-refractivity contribution in [3.05, 3.63) is 54.1 Å². The van der Waals surface area contributed by atoms with Crippen molar-refractivity contribution in [2.24, 2.45) is 0 Å². The number of anilines is 1. The summed E-state index contributed by atoms with van der Waals surface area (Å²) in [4.78, 5) is 22.9. The van der Waals surface area contributed by atoms with Crippen LogP contribution in [0.3, 0.4) is 0 Å². The molecule has 0 aliphatic carbocycles. The highest BCUT2D eigenvalue weighted by Gasteiger charge is 2.07. The van der Waals surface area contributed by atoms with E-state index in [0.29, 0.717) is 12.1 Å². The van der Waals surface area contributed by atoms with Crippen LogP contribution in [-0.2, 0) is 19.1 Å². The molecular weight excluding hydrogens is 270 g/mol. The van der Waals surface area contributed by atoms with Gasteiger partial charge >= 0.3 is 11.9 Å². The summed E-state index contributed by atoms with van der Waals surface area (Å²) in [7, 11) is 1.28. The third-order valence-corrected chi connectivity index (χ3v) is 2.51. The predicted octanol–water partition coefficient (Wildman–Crippen LogP) is 2.32. The number of para-hydroxylation sites is 1. The van der Waals surface area contributed by atoms with Crippen molar-refractivity contribution in [3.8, 4) is 0 Å². The van der Waals surface area contributed by atoms with Gasteiger partial charge in [-0.1, -0.05) is 24.3 Å². The van der Waals surface area contributed by atoms with E-state index < -0.39 is 11.9 Å². The van der Waals surface area contributed by atoms with Crippen molar-refractivity contribution in [3.63, 3.8) is 0 Å². The Bertz CT molecular complexity index is 520. The zero-order valence-electron chi connectivity index (χ0n) is 12.2. The standard InChI is InChI=1S/C16H19NO4/c1-3-21-16(19)13(9-10-15(18)20-2)11-12-17-14-7-5-4-6-8-14/h4-11,17H,3,12H2,1-2H3. The van der Waals surface area contributed by atoms with Gasteiger partial charge in [-0.25, -0.2) is 9.59 Å². The van der Waals surface area contributed by atoms with Crippen LogP contribution in [0.1, 0.15) is 6.92 Å². The lowest BCUT2D eigenvalue weighted by Gasteiger charge is -2.05. The molecule has 1 rings (SSSR count). The van der Waals surface area contributed by atoms with Gasteiger partial charge in [0.05, 0.1) is 19.3 Å². The maximum atomic E-state index is 11.8. The first-order valence-corrected chi connectivity index (χ1v) is 6.59. The molecule has 0 amide bonds. The molecule has 0 aromatic heterocycles. The topological polar surface area (TPSA) is 64.6 Å². The maximum Gasteiger partial charge on any atom is 0.337 e. The van der Waals surface area contributed by atoms with E-state index >= 15 is 0 Å². The van der Waals surface area contributed by atoms with Gasteiger partial charge in [-0.05, 0) is 25.1 Å². The Balaban J connectivity index is 2.70. The average Bonchev–Trinajstić information content (AvgIpc) is 2.51. The monoisotopic (exact) mass is 289 g/mol. The van der Waals surface area contributed by atoms with Gasteiger partial charge in [0.15, 0.2) is 0 Å². The first kappa shape index (κ1) is 16.5. The minimum atomic E-state index is -0.527. The highest BCUT2D eigenvalue weighted by Crippen LogP contribution is 2.06. The first-order valence-electron chi connectivity index (χ1n) is 6.59. The Morgan fingerprint density at radius 2 is 1.90 bits per heavy atom. The van der Waals surface area contributed by atoms with Crippen molar-refractivity contribution in [2.45, 2.75) is 6.92 Å². The van der Waals surface area contributed by atoms with Crippen LogP contribution in [-0.4, -0.2) is 32.2 Å². The molecule has 0 saturated carbocycles. The highest BCUT2D eigenvalue weighted by molar-refractivity contribution is 5.94. The van der Waals surface area contributed by atoms with Gasteiger partial charge < -0.3 is 14.8 Å². The van der Waals surface area contributed by atoms with Crippen LogP contribution in [0.2, 0.25) is 0 Å². The smallest absolute Gasteiger partial charge is 0.337 e. The van der Waals surface area contributed by atoms with E-state index in [4.69, 9.17) is 4.74 Å². The highest BCUT2D eigenvalue weighted by atomic mass is 16.5. The summed E-state index contributed by atoms with van der Waals surface area (Å²) in [5, 5.41) is 3.14. The SMILES string of the molecule is CCOC(=O)C(C=CC(=O)OC)=CCNc1ccccc1. The van der Waals surface area contributed by atoms with Crippen molar-refractivity contribution in [2.75, 3.05) is 25.6 Å². The molecule has 0 saturated heterocycles. The molecule has 5 heteroatoms. The summed E-state index contributed by atoms with van der Waals surface area (Å²) < 4.78 is 9.43. The van der Waals surface area contributed by atoms with Gasteiger partial charge in [0.1, 0.15) is 0 Å². The summed E-state index contributed by atoms with van der Waals surface area (Å²) in [6.07, 6.45) is 4.23. The van der Waals surface area contributed by atoms with Crippen LogP contribution in [0.4, 0.5) is 5.69 Å². The van der Waals surface area contributed by atoms with Crippen molar-refractivity contribution >= 4 is 17.6 Å². The Hall–Kier alpha value is -2.56. The Morgan fingerprint density at radius 3 is 2.52 bits per heavy atom. The Morgan fingerprint density at radius 1 is 1.19 bits per heavy atom. The molecule has 21 heavy (non-hydrogen) atoms. The summed E-state index contributed by atoms with van der Waals surface area (Å²) >= 11 is 0. The third kappa shape index (κ3) is 6.42. The maximum absolute atomic E-state index is 11.8. The fourth-order valence-corrected chi connectivity index (χ4v) is 1.49. The van der Waals surface area contributed by atoms with E-state index in [2.05, 4.69) is 10.1 Å². The van der Waals surface area contributed by atoms with E-state index in [1.807, 2.05) is 30.3 Å². The van der Waals surface area contributed by atoms with E-state index in [-0.39, 0.29) is 6.61 Å².